The Morgan fingerprint density at radius 3 is 2.96 bits per heavy atom. The van der Waals surface area contributed by atoms with E-state index in [0.717, 1.165) is 50.2 Å². The highest BCUT2D eigenvalue weighted by atomic mass is 35.5. The second-order valence-corrected chi connectivity index (χ2v) is 8.73. The lowest BCUT2D eigenvalue weighted by Crippen LogP contribution is -2.38. The summed E-state index contributed by atoms with van der Waals surface area (Å²) in [6.07, 6.45) is 1.20. The molecule has 0 aliphatic carbocycles. The molecule has 3 aliphatic heterocycles. The summed E-state index contributed by atoms with van der Waals surface area (Å²) in [6, 6.07) is 5.16. The number of anilines is 2. The number of halogens is 2. The SMILES string of the molecule is CN1Cc2c(nc(N3CCC4CNCC43)n2Cc2ccc(F)cc2Cl)N(C)C1. The van der Waals surface area contributed by atoms with Crippen LogP contribution in [0, 0.1) is 11.7 Å². The number of benzene rings is 1. The van der Waals surface area contributed by atoms with Crippen molar-refractivity contribution in [1.29, 1.82) is 0 Å². The van der Waals surface area contributed by atoms with E-state index in [0.29, 0.717) is 23.5 Å². The zero-order valence-electron chi connectivity index (χ0n) is 16.3. The first-order valence-electron chi connectivity index (χ1n) is 9.91. The zero-order valence-corrected chi connectivity index (χ0v) is 17.1. The molecule has 3 aliphatic rings. The van der Waals surface area contributed by atoms with Gasteiger partial charge in [0.2, 0.25) is 5.95 Å². The van der Waals surface area contributed by atoms with Crippen molar-refractivity contribution in [2.75, 3.05) is 50.2 Å². The van der Waals surface area contributed by atoms with Crippen LogP contribution < -0.4 is 15.1 Å². The fourth-order valence-corrected chi connectivity index (χ4v) is 5.19. The molecule has 4 heterocycles. The largest absolute Gasteiger partial charge is 0.345 e. The van der Waals surface area contributed by atoms with Gasteiger partial charge in [0, 0.05) is 44.3 Å². The second-order valence-electron chi connectivity index (χ2n) is 8.33. The van der Waals surface area contributed by atoms with Crippen LogP contribution in [0.3, 0.4) is 0 Å². The van der Waals surface area contributed by atoms with E-state index in [4.69, 9.17) is 16.6 Å². The molecule has 2 atom stereocenters. The van der Waals surface area contributed by atoms with E-state index in [1.807, 2.05) is 0 Å². The van der Waals surface area contributed by atoms with Gasteiger partial charge in [0.25, 0.3) is 0 Å². The molecule has 0 saturated carbocycles. The van der Waals surface area contributed by atoms with Gasteiger partial charge in [0.15, 0.2) is 5.82 Å². The van der Waals surface area contributed by atoms with E-state index in [-0.39, 0.29) is 5.82 Å². The van der Waals surface area contributed by atoms with Crippen molar-refractivity contribution in [2.45, 2.75) is 25.6 Å². The van der Waals surface area contributed by atoms with Gasteiger partial charge in [-0.1, -0.05) is 17.7 Å². The number of rotatable bonds is 3. The van der Waals surface area contributed by atoms with Crippen molar-refractivity contribution >= 4 is 23.4 Å². The van der Waals surface area contributed by atoms with Crippen LogP contribution in [0.2, 0.25) is 5.02 Å². The van der Waals surface area contributed by atoms with Crippen LogP contribution >= 0.6 is 11.6 Å². The van der Waals surface area contributed by atoms with Gasteiger partial charge < -0.3 is 19.7 Å². The Balaban J connectivity index is 1.59. The molecule has 1 aromatic carbocycles. The monoisotopic (exact) mass is 404 g/mol. The predicted molar refractivity (Wildman–Crippen MR) is 110 cm³/mol. The summed E-state index contributed by atoms with van der Waals surface area (Å²) in [6.45, 7) is 5.42. The highest BCUT2D eigenvalue weighted by Gasteiger charge is 2.40. The molecule has 1 aromatic heterocycles. The Bertz CT molecular complexity index is 899. The molecule has 1 N–H and O–H groups in total. The van der Waals surface area contributed by atoms with E-state index in [1.165, 1.54) is 24.2 Å². The van der Waals surface area contributed by atoms with Gasteiger partial charge in [0.05, 0.1) is 18.9 Å². The number of nitrogens with zero attached hydrogens (tertiary/aromatic N) is 5. The van der Waals surface area contributed by atoms with Crippen molar-refractivity contribution in [3.63, 3.8) is 0 Å². The summed E-state index contributed by atoms with van der Waals surface area (Å²) in [5.74, 6) is 2.45. The van der Waals surface area contributed by atoms with E-state index in [2.05, 4.69) is 38.7 Å². The highest BCUT2D eigenvalue weighted by Crippen LogP contribution is 2.37. The summed E-state index contributed by atoms with van der Waals surface area (Å²) >= 11 is 6.37. The minimum atomic E-state index is -0.305. The molecule has 2 unspecified atom stereocenters. The van der Waals surface area contributed by atoms with Gasteiger partial charge in [-0.3, -0.25) is 4.90 Å². The van der Waals surface area contributed by atoms with Gasteiger partial charge in [-0.2, -0.15) is 4.98 Å². The molecule has 2 aromatic rings. The van der Waals surface area contributed by atoms with E-state index in [1.54, 1.807) is 6.07 Å². The number of fused-ring (bicyclic) bond motifs is 2. The zero-order chi connectivity index (χ0) is 19.4. The predicted octanol–water partition coefficient (Wildman–Crippen LogP) is 2.36. The molecule has 0 amide bonds. The Morgan fingerprint density at radius 2 is 2.14 bits per heavy atom. The molecule has 6 nitrogen and oxygen atoms in total. The maximum atomic E-state index is 13.5. The quantitative estimate of drug-likeness (QED) is 0.850. The molecule has 28 heavy (non-hydrogen) atoms. The van der Waals surface area contributed by atoms with Crippen LogP contribution in [0.4, 0.5) is 16.2 Å². The summed E-state index contributed by atoms with van der Waals surface area (Å²) in [7, 11) is 4.21. The minimum absolute atomic E-state index is 0.305. The highest BCUT2D eigenvalue weighted by molar-refractivity contribution is 6.31. The van der Waals surface area contributed by atoms with Gasteiger partial charge >= 0.3 is 0 Å². The normalized spacial score (nSPS) is 24.7. The number of hydrogen-bond acceptors (Lipinski definition) is 5. The molecule has 0 radical (unpaired) electrons. The molecule has 5 rings (SSSR count). The van der Waals surface area contributed by atoms with Crippen molar-refractivity contribution in [3.8, 4) is 0 Å². The van der Waals surface area contributed by atoms with Crippen LogP contribution in [0.15, 0.2) is 18.2 Å². The summed E-state index contributed by atoms with van der Waals surface area (Å²) in [5, 5.41) is 3.99. The average molecular weight is 405 g/mol. The summed E-state index contributed by atoms with van der Waals surface area (Å²) < 4.78 is 15.8. The number of hydrogen-bond donors (Lipinski definition) is 1. The van der Waals surface area contributed by atoms with Crippen molar-refractivity contribution < 1.29 is 4.39 Å². The molecule has 0 spiro atoms. The maximum absolute atomic E-state index is 13.5. The second kappa shape index (κ2) is 6.90. The number of imidazole rings is 1. The first kappa shape index (κ1) is 18.2. The molecule has 2 saturated heterocycles. The van der Waals surface area contributed by atoms with E-state index < -0.39 is 0 Å². The lowest BCUT2D eigenvalue weighted by molar-refractivity contribution is 0.306. The molecule has 0 bridgehead atoms. The van der Waals surface area contributed by atoms with Crippen LogP contribution in [0.1, 0.15) is 17.7 Å². The van der Waals surface area contributed by atoms with Crippen molar-refractivity contribution in [1.82, 2.24) is 19.8 Å². The summed E-state index contributed by atoms with van der Waals surface area (Å²) in [4.78, 5) is 12.0. The van der Waals surface area contributed by atoms with Gasteiger partial charge in [0.1, 0.15) is 5.82 Å². The van der Waals surface area contributed by atoms with Crippen molar-refractivity contribution in [3.05, 3.63) is 40.3 Å². The van der Waals surface area contributed by atoms with Crippen LogP contribution in [-0.4, -0.2) is 60.9 Å². The van der Waals surface area contributed by atoms with Crippen LogP contribution in [0.25, 0.3) is 0 Å². The first-order valence-corrected chi connectivity index (χ1v) is 10.3. The van der Waals surface area contributed by atoms with Gasteiger partial charge in [-0.25, -0.2) is 4.39 Å². The third kappa shape index (κ3) is 2.96. The minimum Gasteiger partial charge on any atom is -0.345 e. The average Bonchev–Trinajstić information content (AvgIpc) is 3.32. The lowest BCUT2D eigenvalue weighted by atomic mass is 10.1. The maximum Gasteiger partial charge on any atom is 0.208 e. The van der Waals surface area contributed by atoms with E-state index in [9.17, 15) is 4.39 Å². The number of nitrogens with one attached hydrogen (secondary N) is 1. The third-order valence-electron chi connectivity index (χ3n) is 6.31. The Labute approximate surface area is 169 Å². The topological polar surface area (TPSA) is 39.6 Å². The molecule has 8 heteroatoms. The fraction of sp³-hybridized carbons (Fsp3) is 0.550. The molecular weight excluding hydrogens is 379 g/mol. The van der Waals surface area contributed by atoms with Gasteiger partial charge in [-0.05, 0) is 37.1 Å². The molecular formula is C20H26ClFN6. The van der Waals surface area contributed by atoms with Crippen LogP contribution in [-0.2, 0) is 13.1 Å². The Hall–Kier alpha value is -1.83. The van der Waals surface area contributed by atoms with Gasteiger partial charge in [-0.15, -0.1) is 0 Å². The first-order chi connectivity index (χ1) is 13.5. The third-order valence-corrected chi connectivity index (χ3v) is 6.66. The standard InChI is InChI=1S/C20H26ClFN6/c1-25-11-18-19(26(2)12-25)24-20(27-6-5-13-8-23-9-17(13)27)28(18)10-14-3-4-15(22)7-16(14)21/h3-4,7,13,17,23H,5-6,8-12H2,1-2H3. The van der Waals surface area contributed by atoms with Crippen molar-refractivity contribution in [2.24, 2.45) is 5.92 Å². The molecule has 2 fully saturated rings. The van der Waals surface area contributed by atoms with Crippen LogP contribution in [0.5, 0.6) is 0 Å². The Morgan fingerprint density at radius 1 is 1.29 bits per heavy atom. The lowest BCUT2D eigenvalue weighted by Gasteiger charge is -2.31. The molecule has 150 valence electrons. The smallest absolute Gasteiger partial charge is 0.208 e. The number of aromatic nitrogens is 2. The van der Waals surface area contributed by atoms with E-state index >= 15 is 0 Å². The summed E-state index contributed by atoms with van der Waals surface area (Å²) in [5.41, 5.74) is 2.11. The fourth-order valence-electron chi connectivity index (χ4n) is 4.96. The Kier molecular flexibility index (Phi) is 4.49.